The maximum Gasteiger partial charge on any atom is 0.293 e. The van der Waals surface area contributed by atoms with Gasteiger partial charge in [-0.1, -0.05) is 12.1 Å². The van der Waals surface area contributed by atoms with Crippen LogP contribution in [0.2, 0.25) is 0 Å². The molecule has 4 rings (SSSR count). The van der Waals surface area contributed by atoms with Crippen molar-refractivity contribution in [2.45, 2.75) is 6.54 Å². The Bertz CT molecular complexity index is 1070. The standard InChI is InChI=1S/C21H18FN3O5S/c22-16-3-1-14(2-4-16)13-24-20(26)19(31-21(24)27)12-15-11-17(25(28)29)5-6-18(15)23-7-9-30-10-8-23/h1-6,11-12H,7-10,13H2. The molecule has 2 saturated heterocycles. The van der Waals surface area contributed by atoms with Crippen molar-refractivity contribution in [2.24, 2.45) is 0 Å². The molecule has 31 heavy (non-hydrogen) atoms. The maximum atomic E-state index is 13.1. The molecule has 2 aliphatic heterocycles. The lowest BCUT2D eigenvalue weighted by Gasteiger charge is -2.30. The predicted molar refractivity (Wildman–Crippen MR) is 114 cm³/mol. The fourth-order valence-corrected chi connectivity index (χ4v) is 4.24. The van der Waals surface area contributed by atoms with Crippen molar-refractivity contribution < 1.29 is 23.6 Å². The third-order valence-electron chi connectivity index (χ3n) is 4.99. The van der Waals surface area contributed by atoms with E-state index in [-0.39, 0.29) is 17.1 Å². The number of carbonyl (C=O) groups is 2. The van der Waals surface area contributed by atoms with Gasteiger partial charge in [-0.25, -0.2) is 4.39 Å². The van der Waals surface area contributed by atoms with Crippen LogP contribution in [0.15, 0.2) is 47.4 Å². The lowest BCUT2D eigenvalue weighted by atomic mass is 10.1. The Kier molecular flexibility index (Phi) is 6.01. The Hall–Kier alpha value is -3.24. The lowest BCUT2D eigenvalue weighted by Crippen LogP contribution is -2.36. The average molecular weight is 443 g/mol. The van der Waals surface area contributed by atoms with Crippen molar-refractivity contribution in [2.75, 3.05) is 31.2 Å². The molecule has 8 nitrogen and oxygen atoms in total. The van der Waals surface area contributed by atoms with Crippen LogP contribution >= 0.6 is 11.8 Å². The third kappa shape index (κ3) is 4.59. The fourth-order valence-electron chi connectivity index (χ4n) is 3.41. The van der Waals surface area contributed by atoms with Gasteiger partial charge in [0.15, 0.2) is 0 Å². The highest BCUT2D eigenvalue weighted by molar-refractivity contribution is 8.18. The van der Waals surface area contributed by atoms with Gasteiger partial charge in [0.1, 0.15) is 5.82 Å². The number of thioether (sulfide) groups is 1. The number of halogens is 1. The van der Waals surface area contributed by atoms with Crippen LogP contribution in [0, 0.1) is 15.9 Å². The number of carbonyl (C=O) groups excluding carboxylic acids is 2. The highest BCUT2D eigenvalue weighted by Gasteiger charge is 2.35. The van der Waals surface area contributed by atoms with E-state index in [2.05, 4.69) is 0 Å². The van der Waals surface area contributed by atoms with Crippen molar-refractivity contribution in [3.05, 3.63) is 74.4 Å². The van der Waals surface area contributed by atoms with Gasteiger partial charge < -0.3 is 9.64 Å². The van der Waals surface area contributed by atoms with E-state index in [4.69, 9.17) is 4.74 Å². The van der Waals surface area contributed by atoms with Crippen molar-refractivity contribution >= 4 is 40.4 Å². The zero-order chi connectivity index (χ0) is 22.0. The van der Waals surface area contributed by atoms with Gasteiger partial charge in [0.2, 0.25) is 0 Å². The minimum Gasteiger partial charge on any atom is -0.378 e. The number of morpholine rings is 1. The van der Waals surface area contributed by atoms with Gasteiger partial charge in [0, 0.05) is 36.5 Å². The summed E-state index contributed by atoms with van der Waals surface area (Å²) in [4.78, 5) is 39.4. The van der Waals surface area contributed by atoms with Crippen LogP contribution in [0.4, 0.5) is 20.6 Å². The summed E-state index contributed by atoms with van der Waals surface area (Å²) in [6, 6.07) is 10.0. The molecule has 10 heteroatoms. The van der Waals surface area contributed by atoms with E-state index >= 15 is 0 Å². The number of non-ortho nitro benzene ring substituents is 1. The molecule has 2 aromatic rings. The molecule has 160 valence electrons. The van der Waals surface area contributed by atoms with Crippen LogP contribution in [-0.4, -0.2) is 47.3 Å². The molecular weight excluding hydrogens is 425 g/mol. The first-order chi connectivity index (χ1) is 14.9. The second-order valence-corrected chi connectivity index (χ2v) is 7.99. The minimum atomic E-state index is -0.499. The van der Waals surface area contributed by atoms with E-state index in [0.717, 1.165) is 22.3 Å². The molecule has 0 unspecified atom stereocenters. The zero-order valence-corrected chi connectivity index (χ0v) is 17.1. The Morgan fingerprint density at radius 3 is 2.52 bits per heavy atom. The number of nitro benzene ring substituents is 1. The van der Waals surface area contributed by atoms with Crippen LogP contribution in [0.3, 0.4) is 0 Å². The molecule has 2 aliphatic rings. The van der Waals surface area contributed by atoms with E-state index in [0.29, 0.717) is 37.4 Å². The first kappa shape index (κ1) is 21.0. The SMILES string of the molecule is O=C1SC(=Cc2cc([N+](=O)[O-])ccc2N2CCOCC2)C(=O)N1Cc1ccc(F)cc1. The summed E-state index contributed by atoms with van der Waals surface area (Å²) in [6.07, 6.45) is 1.52. The Morgan fingerprint density at radius 1 is 1.13 bits per heavy atom. The number of hydrogen-bond donors (Lipinski definition) is 0. The largest absolute Gasteiger partial charge is 0.378 e. The van der Waals surface area contributed by atoms with Gasteiger partial charge >= 0.3 is 0 Å². The van der Waals surface area contributed by atoms with Gasteiger partial charge in [-0.2, -0.15) is 0 Å². The van der Waals surface area contributed by atoms with Crippen LogP contribution in [0.5, 0.6) is 0 Å². The lowest BCUT2D eigenvalue weighted by molar-refractivity contribution is -0.384. The molecule has 0 bridgehead atoms. The summed E-state index contributed by atoms with van der Waals surface area (Å²) in [5.41, 5.74) is 1.74. The number of hydrogen-bond acceptors (Lipinski definition) is 7. The molecule has 0 aromatic heterocycles. The molecule has 0 N–H and O–H groups in total. The number of imide groups is 1. The molecule has 0 spiro atoms. The van der Waals surface area contributed by atoms with E-state index in [9.17, 15) is 24.1 Å². The summed E-state index contributed by atoms with van der Waals surface area (Å²) in [5, 5.41) is 10.8. The van der Waals surface area contributed by atoms with E-state index in [1.54, 1.807) is 6.07 Å². The molecule has 2 heterocycles. The first-order valence-corrected chi connectivity index (χ1v) is 10.3. The smallest absolute Gasteiger partial charge is 0.293 e. The van der Waals surface area contributed by atoms with E-state index in [1.807, 2.05) is 4.90 Å². The highest BCUT2D eigenvalue weighted by Crippen LogP contribution is 2.36. The zero-order valence-electron chi connectivity index (χ0n) is 16.3. The maximum absolute atomic E-state index is 13.1. The molecule has 2 amide bonds. The first-order valence-electron chi connectivity index (χ1n) is 9.53. The van der Waals surface area contributed by atoms with E-state index < -0.39 is 21.9 Å². The molecule has 2 aromatic carbocycles. The molecule has 0 aliphatic carbocycles. The second kappa shape index (κ2) is 8.86. The number of ether oxygens (including phenoxy) is 1. The van der Waals surface area contributed by atoms with Crippen LogP contribution in [0.25, 0.3) is 6.08 Å². The second-order valence-electron chi connectivity index (χ2n) is 6.99. The minimum absolute atomic E-state index is 0.0214. The summed E-state index contributed by atoms with van der Waals surface area (Å²) >= 11 is 0.780. The number of benzene rings is 2. The summed E-state index contributed by atoms with van der Waals surface area (Å²) in [5.74, 6) is -0.891. The summed E-state index contributed by atoms with van der Waals surface area (Å²) < 4.78 is 18.5. The molecule has 2 fully saturated rings. The molecule has 0 atom stereocenters. The number of nitrogens with zero attached hydrogens (tertiary/aromatic N) is 3. The van der Waals surface area contributed by atoms with Crippen LogP contribution < -0.4 is 4.90 Å². The molecular formula is C21H18FN3O5S. The van der Waals surface area contributed by atoms with Crippen LogP contribution in [0.1, 0.15) is 11.1 Å². The quantitative estimate of drug-likeness (QED) is 0.394. The van der Waals surface area contributed by atoms with Crippen molar-refractivity contribution in [1.29, 1.82) is 0 Å². The summed E-state index contributed by atoms with van der Waals surface area (Å²) in [7, 11) is 0. The Labute approximate surface area is 181 Å². The van der Waals surface area contributed by atoms with Crippen molar-refractivity contribution in [3.8, 4) is 0 Å². The van der Waals surface area contributed by atoms with Gasteiger partial charge in [0.25, 0.3) is 16.8 Å². The van der Waals surface area contributed by atoms with Crippen molar-refractivity contribution in [3.63, 3.8) is 0 Å². The predicted octanol–water partition coefficient (Wildman–Crippen LogP) is 3.81. The average Bonchev–Trinajstić information content (AvgIpc) is 3.03. The van der Waals surface area contributed by atoms with E-state index in [1.165, 1.54) is 42.5 Å². The number of anilines is 1. The summed E-state index contributed by atoms with van der Waals surface area (Å²) in [6.45, 7) is 2.32. The molecule has 0 saturated carbocycles. The van der Waals surface area contributed by atoms with Gasteiger partial charge in [-0.3, -0.25) is 24.6 Å². The molecule has 0 radical (unpaired) electrons. The Morgan fingerprint density at radius 2 is 1.84 bits per heavy atom. The van der Waals surface area contributed by atoms with Gasteiger partial charge in [-0.05, 0) is 41.6 Å². The van der Waals surface area contributed by atoms with Crippen LogP contribution in [-0.2, 0) is 16.1 Å². The monoisotopic (exact) mass is 443 g/mol. The number of rotatable bonds is 5. The Balaban J connectivity index is 1.64. The van der Waals surface area contributed by atoms with Gasteiger partial charge in [-0.15, -0.1) is 0 Å². The highest BCUT2D eigenvalue weighted by atomic mass is 32.2. The normalized spacial score (nSPS) is 18.2. The topological polar surface area (TPSA) is 93.0 Å². The number of nitro groups is 1. The number of amides is 2. The fraction of sp³-hybridized carbons (Fsp3) is 0.238. The van der Waals surface area contributed by atoms with Crippen molar-refractivity contribution in [1.82, 2.24) is 4.90 Å². The third-order valence-corrected chi connectivity index (χ3v) is 5.90. The van der Waals surface area contributed by atoms with Gasteiger partial charge in [0.05, 0.1) is 29.6 Å².